The molecule has 1 saturated heterocycles. The smallest absolute Gasteiger partial charge is 0.137 e. The largest absolute Gasteiger partial charge is 0.394 e. The summed E-state index contributed by atoms with van der Waals surface area (Å²) in [5.41, 5.74) is 0. The zero-order valence-electron chi connectivity index (χ0n) is 8.28. The Kier molecular flexibility index (Phi) is 4.65. The fourth-order valence-electron chi connectivity index (χ4n) is 1.47. The number of rotatable bonds is 4. The highest BCUT2D eigenvalue weighted by Gasteiger charge is 2.42. The van der Waals surface area contributed by atoms with E-state index in [2.05, 4.69) is 11.9 Å². The van der Waals surface area contributed by atoms with Crippen molar-refractivity contribution in [3.05, 3.63) is 12.7 Å². The molecule has 88 valence electrons. The van der Waals surface area contributed by atoms with Gasteiger partial charge in [0.25, 0.3) is 0 Å². The molecule has 0 aliphatic carbocycles. The van der Waals surface area contributed by atoms with Gasteiger partial charge in [0, 0.05) is 6.54 Å². The molecule has 1 heterocycles. The molecule has 1 rings (SSSR count). The van der Waals surface area contributed by atoms with Crippen molar-refractivity contribution in [2.24, 2.45) is 0 Å². The number of hydrogen-bond donors (Lipinski definition) is 5. The Hall–Kier alpha value is -0.500. The molecule has 15 heavy (non-hydrogen) atoms. The van der Waals surface area contributed by atoms with E-state index in [9.17, 15) is 15.3 Å². The minimum atomic E-state index is -1.33. The Morgan fingerprint density at radius 3 is 2.40 bits per heavy atom. The third kappa shape index (κ3) is 2.75. The SMILES string of the molecule is C=CCN[C@H]1O[C@@H](CO)[C@@H](O)[C@@H](O)[C@@H]1O. The molecule has 0 saturated carbocycles. The topological polar surface area (TPSA) is 102 Å². The maximum Gasteiger partial charge on any atom is 0.137 e. The van der Waals surface area contributed by atoms with Crippen LogP contribution in [0.25, 0.3) is 0 Å². The van der Waals surface area contributed by atoms with Gasteiger partial charge >= 0.3 is 0 Å². The lowest BCUT2D eigenvalue weighted by atomic mass is 9.98. The minimum Gasteiger partial charge on any atom is -0.394 e. The van der Waals surface area contributed by atoms with Crippen LogP contribution in [0.2, 0.25) is 0 Å². The zero-order chi connectivity index (χ0) is 11.4. The van der Waals surface area contributed by atoms with Crippen LogP contribution in [0, 0.1) is 0 Å². The first-order valence-electron chi connectivity index (χ1n) is 4.76. The molecule has 0 amide bonds. The van der Waals surface area contributed by atoms with Crippen LogP contribution < -0.4 is 5.32 Å². The number of hydrogen-bond acceptors (Lipinski definition) is 6. The summed E-state index contributed by atoms with van der Waals surface area (Å²) >= 11 is 0. The summed E-state index contributed by atoms with van der Waals surface area (Å²) in [6.45, 7) is 3.45. The van der Waals surface area contributed by atoms with Crippen LogP contribution in [0.1, 0.15) is 0 Å². The van der Waals surface area contributed by atoms with E-state index in [1.54, 1.807) is 6.08 Å². The molecule has 1 aliphatic rings. The second kappa shape index (κ2) is 5.55. The van der Waals surface area contributed by atoms with Gasteiger partial charge in [-0.3, -0.25) is 5.32 Å². The molecule has 0 aromatic carbocycles. The zero-order valence-corrected chi connectivity index (χ0v) is 8.28. The van der Waals surface area contributed by atoms with E-state index < -0.39 is 37.3 Å². The number of aliphatic hydroxyl groups excluding tert-OH is 4. The van der Waals surface area contributed by atoms with Crippen molar-refractivity contribution in [2.45, 2.75) is 30.6 Å². The van der Waals surface area contributed by atoms with Gasteiger partial charge in [0.15, 0.2) is 0 Å². The van der Waals surface area contributed by atoms with E-state index in [1.165, 1.54) is 0 Å². The van der Waals surface area contributed by atoms with Crippen molar-refractivity contribution in [3.8, 4) is 0 Å². The van der Waals surface area contributed by atoms with Gasteiger partial charge in [-0.15, -0.1) is 6.58 Å². The van der Waals surface area contributed by atoms with E-state index in [-0.39, 0.29) is 0 Å². The molecule has 0 radical (unpaired) electrons. The Bertz CT molecular complexity index is 211. The predicted molar refractivity (Wildman–Crippen MR) is 52.0 cm³/mol. The Morgan fingerprint density at radius 2 is 1.87 bits per heavy atom. The van der Waals surface area contributed by atoms with Gasteiger partial charge in [-0.25, -0.2) is 0 Å². The van der Waals surface area contributed by atoms with Crippen LogP contribution in [0.3, 0.4) is 0 Å². The molecule has 5 atom stereocenters. The van der Waals surface area contributed by atoms with E-state index in [4.69, 9.17) is 9.84 Å². The van der Waals surface area contributed by atoms with Crippen molar-refractivity contribution >= 4 is 0 Å². The highest BCUT2D eigenvalue weighted by atomic mass is 16.6. The Labute approximate surface area is 87.8 Å². The van der Waals surface area contributed by atoms with Crippen molar-refractivity contribution in [2.75, 3.05) is 13.2 Å². The lowest BCUT2D eigenvalue weighted by molar-refractivity contribution is -0.235. The molecule has 5 N–H and O–H groups in total. The third-order valence-corrected chi connectivity index (χ3v) is 2.36. The van der Waals surface area contributed by atoms with Crippen LogP contribution in [0.15, 0.2) is 12.7 Å². The fraction of sp³-hybridized carbons (Fsp3) is 0.778. The molecule has 1 aliphatic heterocycles. The molecule has 1 fully saturated rings. The van der Waals surface area contributed by atoms with E-state index in [0.717, 1.165) is 0 Å². The minimum absolute atomic E-state index is 0.392. The van der Waals surface area contributed by atoms with Crippen LogP contribution in [-0.4, -0.2) is 64.2 Å². The highest BCUT2D eigenvalue weighted by molar-refractivity contribution is 4.91. The van der Waals surface area contributed by atoms with Crippen molar-refractivity contribution in [3.63, 3.8) is 0 Å². The van der Waals surface area contributed by atoms with E-state index in [0.29, 0.717) is 6.54 Å². The maximum absolute atomic E-state index is 9.53. The third-order valence-electron chi connectivity index (χ3n) is 2.36. The summed E-state index contributed by atoms with van der Waals surface area (Å²) in [4.78, 5) is 0. The number of nitrogens with one attached hydrogen (secondary N) is 1. The molecule has 0 bridgehead atoms. The van der Waals surface area contributed by atoms with Crippen LogP contribution in [0.4, 0.5) is 0 Å². The number of aliphatic hydroxyl groups is 4. The Balaban J connectivity index is 2.60. The van der Waals surface area contributed by atoms with Crippen molar-refractivity contribution in [1.82, 2.24) is 5.32 Å². The molecule has 6 nitrogen and oxygen atoms in total. The standard InChI is InChI=1S/C9H17NO5/c1-2-3-10-9-8(14)7(13)6(12)5(4-11)15-9/h2,5-14H,1,3-4H2/t5-,6+,7+,8-,9-/m0/s1. The molecule has 0 spiro atoms. The maximum atomic E-state index is 9.53. The van der Waals surface area contributed by atoms with Gasteiger partial charge < -0.3 is 25.2 Å². The first-order valence-corrected chi connectivity index (χ1v) is 4.76. The summed E-state index contributed by atoms with van der Waals surface area (Å²) in [5.74, 6) is 0. The summed E-state index contributed by atoms with van der Waals surface area (Å²) in [5, 5.41) is 40.0. The predicted octanol–water partition coefficient (Wildman–Crippen LogP) is -2.44. The van der Waals surface area contributed by atoms with Gasteiger partial charge in [-0.05, 0) is 0 Å². The van der Waals surface area contributed by atoms with E-state index >= 15 is 0 Å². The van der Waals surface area contributed by atoms with Crippen molar-refractivity contribution < 1.29 is 25.2 Å². The van der Waals surface area contributed by atoms with E-state index in [1.807, 2.05) is 0 Å². The van der Waals surface area contributed by atoms with Crippen LogP contribution in [-0.2, 0) is 4.74 Å². The normalized spacial score (nSPS) is 41.5. The Morgan fingerprint density at radius 1 is 1.20 bits per heavy atom. The average Bonchev–Trinajstić information content (AvgIpc) is 2.25. The quantitative estimate of drug-likeness (QED) is 0.337. The monoisotopic (exact) mass is 219 g/mol. The lowest BCUT2D eigenvalue weighted by Gasteiger charge is -2.40. The second-order valence-electron chi connectivity index (χ2n) is 3.45. The first-order chi connectivity index (χ1) is 7.11. The summed E-state index contributed by atoms with van der Waals surface area (Å²) in [7, 11) is 0. The molecular weight excluding hydrogens is 202 g/mol. The summed E-state index contributed by atoms with van der Waals surface area (Å²) in [6, 6.07) is 0. The van der Waals surface area contributed by atoms with Gasteiger partial charge in [0.1, 0.15) is 30.6 Å². The lowest BCUT2D eigenvalue weighted by Crippen LogP contribution is -2.62. The van der Waals surface area contributed by atoms with Gasteiger partial charge in [0.2, 0.25) is 0 Å². The molecular formula is C9H17NO5. The van der Waals surface area contributed by atoms with Crippen molar-refractivity contribution in [1.29, 1.82) is 0 Å². The van der Waals surface area contributed by atoms with Crippen LogP contribution >= 0.6 is 0 Å². The molecule has 0 unspecified atom stereocenters. The highest BCUT2D eigenvalue weighted by Crippen LogP contribution is 2.19. The van der Waals surface area contributed by atoms with Gasteiger partial charge in [-0.2, -0.15) is 0 Å². The van der Waals surface area contributed by atoms with Gasteiger partial charge in [0.05, 0.1) is 6.61 Å². The average molecular weight is 219 g/mol. The van der Waals surface area contributed by atoms with Crippen LogP contribution in [0.5, 0.6) is 0 Å². The molecule has 0 aromatic rings. The first kappa shape index (κ1) is 12.6. The fourth-order valence-corrected chi connectivity index (χ4v) is 1.47. The molecule has 6 heteroatoms. The second-order valence-corrected chi connectivity index (χ2v) is 3.45. The summed E-state index contributed by atoms with van der Waals surface area (Å²) < 4.78 is 5.16. The van der Waals surface area contributed by atoms with Gasteiger partial charge in [-0.1, -0.05) is 6.08 Å². The number of ether oxygens (including phenoxy) is 1. The molecule has 0 aromatic heterocycles. The summed E-state index contributed by atoms with van der Waals surface area (Å²) in [6.07, 6.45) is -4.00.